The highest BCUT2D eigenvalue weighted by Gasteiger charge is 2.26. The number of rotatable bonds is 10. The summed E-state index contributed by atoms with van der Waals surface area (Å²) in [5, 5.41) is 6.45. The maximum atomic E-state index is 12.6. The van der Waals surface area contributed by atoms with Crippen molar-refractivity contribution in [3.8, 4) is 5.75 Å². The maximum Gasteiger partial charge on any atom is 0.387 e. The molecule has 1 unspecified atom stereocenters. The Hall–Kier alpha value is -2.14. The van der Waals surface area contributed by atoms with Crippen LogP contribution in [0.4, 0.5) is 14.5 Å². The third-order valence-corrected chi connectivity index (χ3v) is 5.78. The van der Waals surface area contributed by atoms with Crippen molar-refractivity contribution in [2.45, 2.75) is 32.9 Å². The Balaban J connectivity index is 1.93. The van der Waals surface area contributed by atoms with E-state index in [1.807, 2.05) is 11.8 Å². The van der Waals surface area contributed by atoms with Crippen LogP contribution in [0.3, 0.4) is 0 Å². The van der Waals surface area contributed by atoms with Crippen molar-refractivity contribution in [2.24, 2.45) is 4.99 Å². The first-order valence-electron chi connectivity index (χ1n) is 9.65. The van der Waals surface area contributed by atoms with E-state index in [4.69, 9.17) is 0 Å². The highest BCUT2D eigenvalue weighted by atomic mass is 32.2. The molecule has 0 aliphatic carbocycles. The van der Waals surface area contributed by atoms with Gasteiger partial charge in [0, 0.05) is 32.2 Å². The molecule has 0 bridgehead atoms. The molecule has 0 radical (unpaired) electrons. The van der Waals surface area contributed by atoms with Crippen molar-refractivity contribution in [3.05, 3.63) is 24.3 Å². The molecule has 1 aliphatic heterocycles. The molecule has 2 rings (SSSR count). The van der Waals surface area contributed by atoms with Crippen molar-refractivity contribution in [1.82, 2.24) is 15.4 Å². The summed E-state index contributed by atoms with van der Waals surface area (Å²) in [6.45, 7) is 3.13. The number of hydrogen-bond donors (Lipinski definition) is 3. The van der Waals surface area contributed by atoms with Crippen LogP contribution in [0.5, 0.6) is 5.75 Å². The number of alkyl halides is 2. The lowest BCUT2D eigenvalue weighted by atomic mass is 10.2. The summed E-state index contributed by atoms with van der Waals surface area (Å²) in [6.07, 6.45) is 0.801. The molecule has 1 aromatic carbocycles. The van der Waals surface area contributed by atoms with E-state index in [1.54, 1.807) is 25.1 Å². The minimum absolute atomic E-state index is 0.0314. The molecule has 0 amide bonds. The largest absolute Gasteiger partial charge is 0.433 e. The van der Waals surface area contributed by atoms with Gasteiger partial charge < -0.3 is 20.3 Å². The number of halogens is 2. The van der Waals surface area contributed by atoms with Gasteiger partial charge >= 0.3 is 6.61 Å². The van der Waals surface area contributed by atoms with Gasteiger partial charge in [0.15, 0.2) is 5.96 Å². The van der Waals surface area contributed by atoms with Crippen molar-refractivity contribution >= 4 is 21.7 Å². The molecule has 1 saturated heterocycles. The van der Waals surface area contributed by atoms with Crippen molar-refractivity contribution < 1.29 is 21.9 Å². The number of anilines is 1. The van der Waals surface area contributed by atoms with Gasteiger partial charge in [-0.1, -0.05) is 12.1 Å². The van der Waals surface area contributed by atoms with E-state index in [1.165, 1.54) is 6.07 Å². The molecule has 8 nitrogen and oxygen atoms in total. The highest BCUT2D eigenvalue weighted by molar-refractivity contribution is 7.89. The number of guanidine groups is 1. The molecule has 29 heavy (non-hydrogen) atoms. The fraction of sp³-hybridized carbons (Fsp3) is 0.611. The summed E-state index contributed by atoms with van der Waals surface area (Å²) in [6, 6.07) is 6.82. The lowest BCUT2D eigenvalue weighted by Crippen LogP contribution is -2.45. The van der Waals surface area contributed by atoms with Gasteiger partial charge in [-0.3, -0.25) is 4.99 Å². The van der Waals surface area contributed by atoms with Gasteiger partial charge in [-0.2, -0.15) is 8.78 Å². The lowest BCUT2D eigenvalue weighted by molar-refractivity contribution is -0.0495. The summed E-state index contributed by atoms with van der Waals surface area (Å²) in [4.78, 5) is 6.39. The molecule has 164 valence electrons. The molecule has 3 N–H and O–H groups in total. The third kappa shape index (κ3) is 7.65. The van der Waals surface area contributed by atoms with E-state index in [0.717, 1.165) is 6.42 Å². The van der Waals surface area contributed by atoms with Crippen LogP contribution in [-0.4, -0.2) is 65.5 Å². The van der Waals surface area contributed by atoms with Crippen LogP contribution in [0, 0.1) is 0 Å². The van der Waals surface area contributed by atoms with Gasteiger partial charge in [-0.25, -0.2) is 13.1 Å². The van der Waals surface area contributed by atoms with E-state index in [0.29, 0.717) is 37.8 Å². The number of nitrogens with zero attached hydrogens (tertiary/aromatic N) is 2. The Morgan fingerprint density at radius 2 is 2.10 bits per heavy atom. The summed E-state index contributed by atoms with van der Waals surface area (Å²) < 4.78 is 55.3. The first kappa shape index (κ1) is 23.1. The topological polar surface area (TPSA) is 95.1 Å². The van der Waals surface area contributed by atoms with Crippen molar-refractivity contribution in [2.75, 3.05) is 43.4 Å². The predicted molar refractivity (Wildman–Crippen MR) is 110 cm³/mol. The second-order valence-electron chi connectivity index (χ2n) is 6.48. The zero-order chi connectivity index (χ0) is 21.3. The van der Waals surface area contributed by atoms with E-state index < -0.39 is 16.6 Å². The first-order valence-corrected chi connectivity index (χ1v) is 11.3. The predicted octanol–water partition coefficient (Wildman–Crippen LogP) is 1.36. The number of para-hydroxylation sites is 2. The Labute approximate surface area is 170 Å². The van der Waals surface area contributed by atoms with Crippen LogP contribution in [0.25, 0.3) is 0 Å². The smallest absolute Gasteiger partial charge is 0.387 e. The van der Waals surface area contributed by atoms with Gasteiger partial charge in [0.05, 0.1) is 18.0 Å². The van der Waals surface area contributed by atoms with Crippen molar-refractivity contribution in [3.63, 3.8) is 0 Å². The Morgan fingerprint density at radius 3 is 2.79 bits per heavy atom. The molecule has 1 aliphatic rings. The monoisotopic (exact) mass is 433 g/mol. The Kier molecular flexibility index (Phi) is 8.90. The number of sulfonamides is 1. The number of nitrogens with one attached hydrogen (secondary N) is 3. The number of benzene rings is 1. The summed E-state index contributed by atoms with van der Waals surface area (Å²) >= 11 is 0. The molecule has 0 aromatic heterocycles. The van der Waals surface area contributed by atoms with Gasteiger partial charge in [0.2, 0.25) is 10.0 Å². The van der Waals surface area contributed by atoms with Crippen LogP contribution >= 0.6 is 0 Å². The number of ether oxygens (including phenoxy) is 1. The van der Waals surface area contributed by atoms with Crippen molar-refractivity contribution in [1.29, 1.82) is 0 Å². The van der Waals surface area contributed by atoms with Crippen LogP contribution in [-0.2, 0) is 10.0 Å². The quantitative estimate of drug-likeness (QED) is 0.293. The number of hydrogen-bond acceptors (Lipinski definition) is 5. The minimum Gasteiger partial charge on any atom is -0.433 e. The highest BCUT2D eigenvalue weighted by Crippen LogP contribution is 2.31. The molecule has 0 spiro atoms. The molecule has 1 aromatic rings. The normalized spacial score (nSPS) is 17.6. The van der Waals surface area contributed by atoms with Gasteiger partial charge in [-0.15, -0.1) is 0 Å². The molecule has 1 atom stereocenters. The average Bonchev–Trinajstić information content (AvgIpc) is 3.13. The van der Waals surface area contributed by atoms with Crippen LogP contribution in [0.15, 0.2) is 29.3 Å². The fourth-order valence-corrected chi connectivity index (χ4v) is 3.60. The zero-order valence-corrected chi connectivity index (χ0v) is 17.5. The standard InChI is InChI=1S/C18H29F2N5O3S/c1-3-21-18(22-10-11-23-29(26,27)4-2)24-14-9-12-25(13-14)15-7-5-6-8-16(15)28-17(19)20/h5-8,14,17,23H,3-4,9-13H2,1-2H3,(H2,21,22,24). The lowest BCUT2D eigenvalue weighted by Gasteiger charge is -2.22. The summed E-state index contributed by atoms with van der Waals surface area (Å²) in [5.74, 6) is 0.781. The molecular weight excluding hydrogens is 404 g/mol. The van der Waals surface area contributed by atoms with Gasteiger partial charge in [-0.05, 0) is 32.4 Å². The second-order valence-corrected chi connectivity index (χ2v) is 8.58. The molecule has 1 heterocycles. The minimum atomic E-state index is -3.23. The first-order chi connectivity index (χ1) is 13.8. The third-order valence-electron chi connectivity index (χ3n) is 4.38. The summed E-state index contributed by atoms with van der Waals surface area (Å²) in [7, 11) is -3.23. The maximum absolute atomic E-state index is 12.6. The van der Waals surface area contributed by atoms with E-state index in [-0.39, 0.29) is 24.1 Å². The van der Waals surface area contributed by atoms with E-state index in [9.17, 15) is 17.2 Å². The number of aliphatic imine (C=N–C) groups is 1. The molecular formula is C18H29F2N5O3S. The van der Waals surface area contributed by atoms with Gasteiger partial charge in [0.1, 0.15) is 5.75 Å². The zero-order valence-electron chi connectivity index (χ0n) is 16.7. The van der Waals surface area contributed by atoms with Crippen LogP contribution in [0.2, 0.25) is 0 Å². The SMILES string of the molecule is CCNC(=NCCNS(=O)(=O)CC)NC1CCN(c2ccccc2OC(F)F)C1. The van der Waals surface area contributed by atoms with E-state index in [2.05, 4.69) is 25.1 Å². The van der Waals surface area contributed by atoms with Crippen LogP contribution < -0.4 is 25.0 Å². The fourth-order valence-electron chi connectivity index (χ4n) is 3.00. The Bertz CT molecular complexity index is 777. The molecule has 0 saturated carbocycles. The van der Waals surface area contributed by atoms with Gasteiger partial charge in [0.25, 0.3) is 0 Å². The average molecular weight is 434 g/mol. The van der Waals surface area contributed by atoms with Crippen LogP contribution in [0.1, 0.15) is 20.3 Å². The Morgan fingerprint density at radius 1 is 1.34 bits per heavy atom. The summed E-state index contributed by atoms with van der Waals surface area (Å²) in [5.41, 5.74) is 0.632. The second kappa shape index (κ2) is 11.1. The molecule has 1 fully saturated rings. The van der Waals surface area contributed by atoms with E-state index >= 15 is 0 Å². The molecule has 11 heteroatoms.